The zero-order chi connectivity index (χ0) is 20.2. The Morgan fingerprint density at radius 1 is 0.379 bits per heavy atom. The molecule has 0 saturated heterocycles. The van der Waals surface area contributed by atoms with E-state index in [9.17, 15) is 0 Å². The van der Waals surface area contributed by atoms with E-state index in [0.29, 0.717) is 0 Å². The summed E-state index contributed by atoms with van der Waals surface area (Å²) in [5.41, 5.74) is 0. The smallest absolute Gasteiger partial charge is 0.0131 e. The van der Waals surface area contributed by atoms with Gasteiger partial charge in [-0.3, -0.25) is 0 Å². The topological polar surface area (TPSA) is 0 Å². The standard InChI is InChI=1S/C27H26P2/c1-28(24-15-7-3-8-16-24,25-17-9-4-10-18-25)23-29(2,26-19-11-5-12-20-26)27-21-13-6-14-22-27/h3-22H,1-2H3. The lowest BCUT2D eigenvalue weighted by Crippen LogP contribution is -2.20. The Bertz CT molecular complexity index is 1010. The molecule has 4 aromatic carbocycles. The van der Waals surface area contributed by atoms with E-state index in [1.807, 2.05) is 0 Å². The van der Waals surface area contributed by atoms with Crippen LogP contribution in [0.5, 0.6) is 0 Å². The molecule has 0 aliphatic carbocycles. The molecule has 0 atom stereocenters. The van der Waals surface area contributed by atoms with Crippen LogP contribution < -0.4 is 21.2 Å². The zero-order valence-electron chi connectivity index (χ0n) is 16.9. The molecule has 0 heterocycles. The lowest BCUT2D eigenvalue weighted by atomic mass is 10.4. The Morgan fingerprint density at radius 2 is 0.586 bits per heavy atom. The van der Waals surface area contributed by atoms with Crippen molar-refractivity contribution in [2.45, 2.75) is 0 Å². The Labute approximate surface area is 174 Å². The highest BCUT2D eigenvalue weighted by Gasteiger charge is 2.22. The molecule has 0 bridgehead atoms. The second kappa shape index (κ2) is 8.49. The van der Waals surface area contributed by atoms with Crippen LogP contribution in [-0.2, 0) is 0 Å². The molecule has 4 rings (SSSR count). The molecule has 144 valence electrons. The molecule has 0 aromatic heterocycles. The summed E-state index contributed by atoms with van der Waals surface area (Å²) in [6.45, 7) is 1.18. The van der Waals surface area contributed by atoms with Gasteiger partial charge in [0, 0.05) is 0 Å². The van der Waals surface area contributed by atoms with Crippen molar-refractivity contribution in [3.63, 3.8) is 0 Å². The van der Waals surface area contributed by atoms with Gasteiger partial charge in [0.2, 0.25) is 0 Å². The highest BCUT2D eigenvalue weighted by atomic mass is 31.2. The van der Waals surface area contributed by atoms with Gasteiger partial charge in [-0.15, -0.1) is 5.17 Å². The van der Waals surface area contributed by atoms with Crippen LogP contribution in [0.3, 0.4) is 0 Å². The van der Waals surface area contributed by atoms with E-state index >= 15 is 0 Å². The van der Waals surface area contributed by atoms with Gasteiger partial charge in [-0.1, -0.05) is 121 Å². The molecule has 4 aromatic rings. The summed E-state index contributed by atoms with van der Waals surface area (Å²) in [4.78, 5) is 0. The normalized spacial score (nSPS) is 11.7. The van der Waals surface area contributed by atoms with Gasteiger partial charge in [0.05, 0.1) is 0 Å². The average molecular weight is 412 g/mol. The number of hydrogen-bond acceptors (Lipinski definition) is 0. The van der Waals surface area contributed by atoms with E-state index < -0.39 is 13.8 Å². The fourth-order valence-corrected chi connectivity index (χ4v) is 12.6. The molecular weight excluding hydrogens is 386 g/mol. The number of rotatable bonds is 4. The van der Waals surface area contributed by atoms with E-state index in [2.05, 4.69) is 140 Å². The maximum Gasteiger partial charge on any atom is -0.0131 e. The van der Waals surface area contributed by atoms with Gasteiger partial charge < -0.3 is 0 Å². The molecular formula is C27H26P2. The van der Waals surface area contributed by atoms with Crippen LogP contribution >= 0.6 is 13.8 Å². The van der Waals surface area contributed by atoms with Crippen LogP contribution in [0.1, 0.15) is 0 Å². The molecule has 0 amide bonds. The quantitative estimate of drug-likeness (QED) is 0.403. The van der Waals surface area contributed by atoms with Crippen LogP contribution in [0.15, 0.2) is 121 Å². The Kier molecular flexibility index (Phi) is 5.80. The van der Waals surface area contributed by atoms with Gasteiger partial charge in [-0.2, -0.15) is 0 Å². The molecule has 0 aliphatic heterocycles. The minimum absolute atomic E-state index is 1.38. The van der Waals surface area contributed by atoms with E-state index in [0.717, 1.165) is 0 Å². The first-order chi connectivity index (χ1) is 14.1. The van der Waals surface area contributed by atoms with Crippen molar-refractivity contribution < 1.29 is 0 Å². The van der Waals surface area contributed by atoms with Crippen LogP contribution in [-0.4, -0.2) is 18.5 Å². The highest BCUT2D eigenvalue weighted by molar-refractivity contribution is 8.00. The van der Waals surface area contributed by atoms with E-state index in [1.165, 1.54) is 21.2 Å². The third-order valence-corrected chi connectivity index (χ3v) is 14.0. The van der Waals surface area contributed by atoms with Crippen molar-refractivity contribution in [2.24, 2.45) is 0 Å². The van der Waals surface area contributed by atoms with Crippen LogP contribution in [0.2, 0.25) is 0 Å². The first-order valence-corrected chi connectivity index (χ1v) is 14.4. The molecule has 0 nitrogen and oxygen atoms in total. The first-order valence-electron chi connectivity index (χ1n) is 9.88. The summed E-state index contributed by atoms with van der Waals surface area (Å²) >= 11 is 0. The number of benzene rings is 4. The minimum Gasteiger partial charge on any atom is -0.115 e. The molecule has 0 radical (unpaired) electrons. The maximum atomic E-state index is 4.29. The lowest BCUT2D eigenvalue weighted by molar-refractivity contribution is 1.74. The predicted molar refractivity (Wildman–Crippen MR) is 135 cm³/mol. The molecule has 0 saturated carbocycles. The fourth-order valence-electron chi connectivity index (χ4n) is 3.83. The monoisotopic (exact) mass is 412 g/mol. The molecule has 0 fully saturated rings. The molecule has 2 heteroatoms. The summed E-state index contributed by atoms with van der Waals surface area (Å²) in [5, 5.41) is 9.81. The average Bonchev–Trinajstić information content (AvgIpc) is 2.81. The lowest BCUT2D eigenvalue weighted by Gasteiger charge is -2.26. The third kappa shape index (κ3) is 3.99. The van der Waals surface area contributed by atoms with Crippen molar-refractivity contribution in [1.82, 2.24) is 0 Å². The van der Waals surface area contributed by atoms with Crippen LogP contribution in [0.4, 0.5) is 0 Å². The number of hydrogen-bond donors (Lipinski definition) is 0. The third-order valence-electron chi connectivity index (χ3n) is 5.49. The summed E-state index contributed by atoms with van der Waals surface area (Å²) < 4.78 is 0. The van der Waals surface area contributed by atoms with Gasteiger partial charge in [0.25, 0.3) is 0 Å². The maximum absolute atomic E-state index is 4.29. The summed E-state index contributed by atoms with van der Waals surface area (Å²) in [6.07, 6.45) is 0. The molecule has 0 unspecified atom stereocenters. The van der Waals surface area contributed by atoms with E-state index in [1.54, 1.807) is 0 Å². The second-order valence-corrected chi connectivity index (χ2v) is 14.3. The van der Waals surface area contributed by atoms with Gasteiger partial charge in [-0.05, 0) is 48.3 Å². The van der Waals surface area contributed by atoms with Crippen molar-refractivity contribution in [2.75, 3.05) is 13.3 Å². The molecule has 0 spiro atoms. The summed E-state index contributed by atoms with van der Waals surface area (Å²) in [5.74, 6) is 0. The zero-order valence-corrected chi connectivity index (χ0v) is 18.7. The van der Waals surface area contributed by atoms with Crippen molar-refractivity contribution in [3.8, 4) is 0 Å². The van der Waals surface area contributed by atoms with Gasteiger partial charge in [-0.25, -0.2) is 0 Å². The SMILES string of the molecule is CP(=C=P(C)(c1ccccc1)c1ccccc1)(c1ccccc1)c1ccccc1. The van der Waals surface area contributed by atoms with Crippen LogP contribution in [0, 0.1) is 0 Å². The predicted octanol–water partition coefficient (Wildman–Crippen LogP) is 5.22. The summed E-state index contributed by atoms with van der Waals surface area (Å²) in [7, 11) is 0. The molecule has 29 heavy (non-hydrogen) atoms. The van der Waals surface area contributed by atoms with Crippen LogP contribution in [0.25, 0.3) is 0 Å². The first kappa shape index (κ1) is 19.8. The fraction of sp³-hybridized carbons (Fsp3) is 0.0741. The highest BCUT2D eigenvalue weighted by Crippen LogP contribution is 2.48. The van der Waals surface area contributed by atoms with E-state index in [-0.39, 0.29) is 0 Å². The van der Waals surface area contributed by atoms with Gasteiger partial charge >= 0.3 is 0 Å². The molecule has 0 N–H and O–H groups in total. The summed E-state index contributed by atoms with van der Waals surface area (Å²) in [6, 6.07) is 43.8. The van der Waals surface area contributed by atoms with Crippen molar-refractivity contribution >= 4 is 40.2 Å². The van der Waals surface area contributed by atoms with Crippen molar-refractivity contribution in [1.29, 1.82) is 0 Å². The largest absolute Gasteiger partial charge is 0.115 e. The van der Waals surface area contributed by atoms with Crippen molar-refractivity contribution in [3.05, 3.63) is 121 Å². The van der Waals surface area contributed by atoms with Gasteiger partial charge in [0.1, 0.15) is 0 Å². The second-order valence-electron chi connectivity index (χ2n) is 7.45. The minimum atomic E-state index is -1.83. The van der Waals surface area contributed by atoms with Gasteiger partial charge in [0.15, 0.2) is 0 Å². The Balaban J connectivity index is 2.21. The van der Waals surface area contributed by atoms with E-state index in [4.69, 9.17) is 0 Å². The Morgan fingerprint density at radius 3 is 0.793 bits per heavy atom. The molecule has 0 aliphatic rings. The Hall–Kier alpha value is -2.48.